The van der Waals surface area contributed by atoms with Gasteiger partial charge < -0.3 is 33.6 Å². The van der Waals surface area contributed by atoms with Gasteiger partial charge in [-0.05, 0) is 43.3 Å². The van der Waals surface area contributed by atoms with Crippen LogP contribution in [0.3, 0.4) is 0 Å². The SMILES string of the molecule is Cc1ccc(NC(N)=NC(N)=NCN=C(N)N=C(N)Nc2ccc(Cl)cc2)cc1. The fraction of sp³-hybridized carbons (Fsp3) is 0.111. The minimum atomic E-state index is -0.0866. The first-order valence-electron chi connectivity index (χ1n) is 8.46. The van der Waals surface area contributed by atoms with Crippen molar-refractivity contribution in [1.82, 2.24) is 0 Å². The summed E-state index contributed by atoms with van der Waals surface area (Å²) in [5.74, 6) is 0.0294. The summed E-state index contributed by atoms with van der Waals surface area (Å²) < 4.78 is 0. The highest BCUT2D eigenvalue weighted by molar-refractivity contribution is 6.30. The van der Waals surface area contributed by atoms with E-state index in [9.17, 15) is 0 Å². The molecule has 0 aliphatic rings. The van der Waals surface area contributed by atoms with Gasteiger partial charge in [-0.25, -0.2) is 9.98 Å². The van der Waals surface area contributed by atoms with Crippen molar-refractivity contribution in [3.63, 3.8) is 0 Å². The first kappa shape index (κ1) is 21.5. The average Bonchev–Trinajstić information content (AvgIpc) is 2.65. The van der Waals surface area contributed by atoms with Crippen LogP contribution < -0.4 is 33.6 Å². The molecule has 0 radical (unpaired) electrons. The molecule has 10 nitrogen and oxygen atoms in total. The predicted octanol–water partition coefficient (Wildman–Crippen LogP) is 1.39. The van der Waals surface area contributed by atoms with Gasteiger partial charge in [0.1, 0.15) is 6.67 Å². The third-order valence-corrected chi connectivity index (χ3v) is 3.63. The van der Waals surface area contributed by atoms with Crippen molar-refractivity contribution in [2.45, 2.75) is 6.92 Å². The first-order chi connectivity index (χ1) is 13.8. The molecule has 2 aromatic rings. The van der Waals surface area contributed by atoms with Gasteiger partial charge in [0, 0.05) is 16.4 Å². The number of hydrogen-bond donors (Lipinski definition) is 6. The Labute approximate surface area is 173 Å². The molecule has 0 bridgehead atoms. The van der Waals surface area contributed by atoms with Crippen LogP contribution in [0, 0.1) is 6.92 Å². The molecule has 0 aliphatic heterocycles. The van der Waals surface area contributed by atoms with E-state index >= 15 is 0 Å². The van der Waals surface area contributed by atoms with E-state index in [2.05, 4.69) is 30.6 Å². The summed E-state index contributed by atoms with van der Waals surface area (Å²) in [5, 5.41) is 6.37. The van der Waals surface area contributed by atoms with Crippen molar-refractivity contribution in [2.75, 3.05) is 17.3 Å². The quantitative estimate of drug-likeness (QED) is 0.325. The van der Waals surface area contributed by atoms with Crippen molar-refractivity contribution in [1.29, 1.82) is 0 Å². The standard InChI is InChI=1S/C18H23ClN10/c1-11-2-6-13(7-3-11)26-17(22)28-15(20)24-10-25-16(21)29-18(23)27-14-8-4-12(19)5-9-14/h2-9H,10H2,1H3,(H5,20,22,24,26,28)(H5,21,23,25,27,29). The summed E-state index contributed by atoms with van der Waals surface area (Å²) in [4.78, 5) is 15.7. The third-order valence-electron chi connectivity index (χ3n) is 3.38. The van der Waals surface area contributed by atoms with Crippen molar-refractivity contribution >= 4 is 46.8 Å². The maximum atomic E-state index is 5.82. The smallest absolute Gasteiger partial charge is 0.220 e. The Morgan fingerprint density at radius 1 is 0.759 bits per heavy atom. The Kier molecular flexibility index (Phi) is 7.80. The lowest BCUT2D eigenvalue weighted by molar-refractivity contribution is 1.04. The molecule has 152 valence electrons. The highest BCUT2D eigenvalue weighted by Crippen LogP contribution is 2.12. The molecule has 10 N–H and O–H groups in total. The fourth-order valence-electron chi connectivity index (χ4n) is 2.02. The number of benzene rings is 2. The lowest BCUT2D eigenvalue weighted by atomic mass is 10.2. The molecular weight excluding hydrogens is 392 g/mol. The van der Waals surface area contributed by atoms with Crippen LogP contribution in [-0.4, -0.2) is 30.5 Å². The van der Waals surface area contributed by atoms with E-state index in [1.54, 1.807) is 24.3 Å². The third kappa shape index (κ3) is 8.18. The van der Waals surface area contributed by atoms with Gasteiger partial charge in [0.25, 0.3) is 0 Å². The largest absolute Gasteiger partial charge is 0.369 e. The van der Waals surface area contributed by atoms with Gasteiger partial charge in [-0.2, -0.15) is 9.98 Å². The van der Waals surface area contributed by atoms with Crippen LogP contribution in [0.2, 0.25) is 5.02 Å². The topological polar surface area (TPSA) is 178 Å². The lowest BCUT2D eigenvalue weighted by Gasteiger charge is -2.05. The van der Waals surface area contributed by atoms with Gasteiger partial charge in [0.2, 0.25) is 23.8 Å². The molecule has 0 aromatic heterocycles. The zero-order valence-electron chi connectivity index (χ0n) is 15.8. The zero-order valence-corrected chi connectivity index (χ0v) is 16.6. The molecule has 0 spiro atoms. The summed E-state index contributed by atoms with van der Waals surface area (Å²) in [7, 11) is 0. The lowest BCUT2D eigenvalue weighted by Crippen LogP contribution is -2.26. The second-order valence-corrected chi connectivity index (χ2v) is 6.23. The molecule has 0 atom stereocenters. The van der Waals surface area contributed by atoms with Crippen LogP contribution in [0.25, 0.3) is 0 Å². The molecule has 29 heavy (non-hydrogen) atoms. The number of nitrogens with two attached hydrogens (primary N) is 4. The van der Waals surface area contributed by atoms with Gasteiger partial charge in [0.15, 0.2) is 0 Å². The molecule has 0 heterocycles. The van der Waals surface area contributed by atoms with Gasteiger partial charge >= 0.3 is 0 Å². The second kappa shape index (κ2) is 10.5. The molecule has 2 rings (SSSR count). The van der Waals surface area contributed by atoms with Crippen LogP contribution in [0.1, 0.15) is 5.56 Å². The number of hydrogen-bond acceptors (Lipinski definition) is 2. The summed E-state index contributed by atoms with van der Waals surface area (Å²) in [6, 6.07) is 14.5. The Balaban J connectivity index is 1.88. The molecule has 0 saturated heterocycles. The maximum Gasteiger partial charge on any atom is 0.220 e. The highest BCUT2D eigenvalue weighted by atomic mass is 35.5. The van der Waals surface area contributed by atoms with E-state index < -0.39 is 0 Å². The molecule has 2 aromatic carbocycles. The van der Waals surface area contributed by atoms with E-state index in [0.717, 1.165) is 11.3 Å². The Morgan fingerprint density at radius 3 is 1.62 bits per heavy atom. The summed E-state index contributed by atoms with van der Waals surface area (Å²) in [6.07, 6.45) is 0. The van der Waals surface area contributed by atoms with Crippen molar-refractivity contribution < 1.29 is 0 Å². The number of aryl methyl sites for hydroxylation is 1. The number of guanidine groups is 4. The Morgan fingerprint density at radius 2 is 1.17 bits per heavy atom. The van der Waals surface area contributed by atoms with Crippen molar-refractivity contribution in [3.05, 3.63) is 59.1 Å². The minimum absolute atomic E-state index is 0.0603. The molecule has 0 unspecified atom stereocenters. The summed E-state index contributed by atoms with van der Waals surface area (Å²) in [5.41, 5.74) is 25.6. The number of aliphatic imine (C=N–C) groups is 4. The normalized spacial score (nSPS) is 13.3. The van der Waals surface area contributed by atoms with E-state index in [1.807, 2.05) is 31.2 Å². The molecule has 11 heteroatoms. The zero-order chi connectivity index (χ0) is 21.2. The second-order valence-electron chi connectivity index (χ2n) is 5.79. The molecular formula is C18H23ClN10. The van der Waals surface area contributed by atoms with Gasteiger partial charge in [-0.1, -0.05) is 29.3 Å². The summed E-state index contributed by atoms with van der Waals surface area (Å²) in [6.45, 7) is 1.90. The summed E-state index contributed by atoms with van der Waals surface area (Å²) >= 11 is 5.82. The van der Waals surface area contributed by atoms with E-state index in [4.69, 9.17) is 34.5 Å². The van der Waals surface area contributed by atoms with Crippen LogP contribution in [-0.2, 0) is 0 Å². The molecule has 0 saturated carbocycles. The van der Waals surface area contributed by atoms with Crippen LogP contribution in [0.15, 0.2) is 68.5 Å². The average molecular weight is 415 g/mol. The van der Waals surface area contributed by atoms with E-state index in [0.29, 0.717) is 10.7 Å². The van der Waals surface area contributed by atoms with E-state index in [1.165, 1.54) is 0 Å². The van der Waals surface area contributed by atoms with Crippen LogP contribution in [0.4, 0.5) is 11.4 Å². The fourth-order valence-corrected chi connectivity index (χ4v) is 2.15. The van der Waals surface area contributed by atoms with Crippen LogP contribution in [0.5, 0.6) is 0 Å². The Bertz CT molecular complexity index is 853. The van der Waals surface area contributed by atoms with Crippen LogP contribution >= 0.6 is 11.6 Å². The number of nitrogens with one attached hydrogen (secondary N) is 2. The minimum Gasteiger partial charge on any atom is -0.369 e. The first-order valence-corrected chi connectivity index (χ1v) is 8.84. The molecule has 0 aliphatic carbocycles. The number of nitrogens with zero attached hydrogens (tertiary/aromatic N) is 4. The monoisotopic (exact) mass is 414 g/mol. The van der Waals surface area contributed by atoms with Gasteiger partial charge in [-0.15, -0.1) is 0 Å². The van der Waals surface area contributed by atoms with Crippen molar-refractivity contribution in [3.8, 4) is 0 Å². The van der Waals surface area contributed by atoms with Crippen molar-refractivity contribution in [2.24, 2.45) is 42.9 Å². The number of halogens is 1. The predicted molar refractivity (Wildman–Crippen MR) is 121 cm³/mol. The number of rotatable bonds is 4. The number of anilines is 2. The van der Waals surface area contributed by atoms with E-state index in [-0.39, 0.29) is 30.5 Å². The highest BCUT2D eigenvalue weighted by Gasteiger charge is 1.98. The maximum absolute atomic E-state index is 5.82. The molecule has 0 fully saturated rings. The van der Waals surface area contributed by atoms with Gasteiger partial charge in [-0.3, -0.25) is 0 Å². The Hall–Kier alpha value is -3.79. The van der Waals surface area contributed by atoms with Gasteiger partial charge in [0.05, 0.1) is 0 Å². The molecule has 0 amide bonds.